The number of primary amides is 1. The largest absolute Gasteiger partial charge is 0.485 e. The Balaban J connectivity index is 2.06. The average molecular weight is 304 g/mol. The molecular weight excluding hydrogens is 280 g/mol. The fourth-order valence-electron chi connectivity index (χ4n) is 3.51. The van der Waals surface area contributed by atoms with Gasteiger partial charge in [-0.05, 0) is 58.0 Å². The lowest BCUT2D eigenvalue weighted by molar-refractivity contribution is -0.0961. The van der Waals surface area contributed by atoms with Gasteiger partial charge >= 0.3 is 0 Å². The van der Waals surface area contributed by atoms with E-state index in [0.717, 1.165) is 37.2 Å². The average Bonchev–Trinajstić information content (AvgIpc) is 2.48. The number of carbonyl (C=O) groups excluding carboxylic acids is 1. The van der Waals surface area contributed by atoms with E-state index in [1.54, 1.807) is 18.2 Å². The zero-order valence-corrected chi connectivity index (χ0v) is 13.2. The Morgan fingerprint density at radius 3 is 2.64 bits per heavy atom. The number of benzene rings is 1. The number of aliphatic hydroxyl groups is 1. The molecule has 3 N–H and O–H groups in total. The summed E-state index contributed by atoms with van der Waals surface area (Å²) < 4.78 is 5.96. The number of carbonyl (C=O) groups is 1. The number of nitrogens with two attached hydrogens (primary N) is 1. The molecule has 3 rings (SSSR count). The smallest absolute Gasteiger partial charge is 0.248 e. The number of rotatable bonds is 2. The molecule has 2 atom stereocenters. The van der Waals surface area contributed by atoms with E-state index in [1.165, 1.54) is 6.42 Å². The molecule has 1 amide bonds. The second-order valence-electron chi connectivity index (χ2n) is 6.81. The number of likely N-dealkylation sites (tertiary alicyclic amines) is 1. The van der Waals surface area contributed by atoms with E-state index >= 15 is 0 Å². The van der Waals surface area contributed by atoms with Crippen LogP contribution in [0, 0.1) is 0 Å². The van der Waals surface area contributed by atoms with Crippen molar-refractivity contribution in [1.29, 1.82) is 0 Å². The maximum absolute atomic E-state index is 11.5. The lowest BCUT2D eigenvalue weighted by Crippen LogP contribution is -2.54. The monoisotopic (exact) mass is 304 g/mol. The molecule has 22 heavy (non-hydrogen) atoms. The minimum Gasteiger partial charge on any atom is -0.485 e. The fourth-order valence-corrected chi connectivity index (χ4v) is 3.51. The van der Waals surface area contributed by atoms with Crippen molar-refractivity contribution in [3.05, 3.63) is 29.3 Å². The highest BCUT2D eigenvalue weighted by Crippen LogP contribution is 2.43. The number of ether oxygens (including phenoxy) is 1. The molecule has 5 heteroatoms. The van der Waals surface area contributed by atoms with Crippen molar-refractivity contribution in [2.24, 2.45) is 5.73 Å². The summed E-state index contributed by atoms with van der Waals surface area (Å²) in [7, 11) is 0. The molecule has 2 aliphatic rings. The predicted molar refractivity (Wildman–Crippen MR) is 83.8 cm³/mol. The first-order valence-corrected chi connectivity index (χ1v) is 7.95. The lowest BCUT2D eigenvalue weighted by Gasteiger charge is -2.47. The summed E-state index contributed by atoms with van der Waals surface area (Å²) in [5.41, 5.74) is 6.06. The molecular formula is C17H24N2O3. The van der Waals surface area contributed by atoms with Crippen molar-refractivity contribution in [2.45, 2.75) is 50.9 Å². The second-order valence-corrected chi connectivity index (χ2v) is 6.81. The van der Waals surface area contributed by atoms with Crippen LogP contribution in [0.15, 0.2) is 18.2 Å². The molecule has 0 saturated carbocycles. The van der Waals surface area contributed by atoms with Crippen LogP contribution in [0.3, 0.4) is 0 Å². The van der Waals surface area contributed by atoms with E-state index in [9.17, 15) is 9.90 Å². The molecule has 1 fully saturated rings. The van der Waals surface area contributed by atoms with Crippen molar-refractivity contribution in [3.63, 3.8) is 0 Å². The summed E-state index contributed by atoms with van der Waals surface area (Å²) in [6.07, 6.45) is 2.85. The molecule has 1 aromatic carbocycles. The molecule has 2 aliphatic heterocycles. The van der Waals surface area contributed by atoms with E-state index < -0.39 is 17.6 Å². The van der Waals surface area contributed by atoms with Gasteiger partial charge in [-0.1, -0.05) is 6.42 Å². The zero-order valence-electron chi connectivity index (χ0n) is 13.2. The zero-order chi connectivity index (χ0) is 15.9. The third-order valence-corrected chi connectivity index (χ3v) is 4.78. The highest BCUT2D eigenvalue weighted by atomic mass is 16.5. The van der Waals surface area contributed by atoms with E-state index in [0.29, 0.717) is 5.56 Å². The van der Waals surface area contributed by atoms with Crippen LogP contribution in [-0.2, 0) is 0 Å². The van der Waals surface area contributed by atoms with Gasteiger partial charge in [0.25, 0.3) is 0 Å². The van der Waals surface area contributed by atoms with Gasteiger partial charge in [-0.15, -0.1) is 0 Å². The standard InChI is InChI=1S/C17H24N2O3/c1-17(2)15(20)14(19-8-4-3-5-9-19)12-10-11(16(18)21)6-7-13(12)22-17/h6-7,10,14-15,20H,3-5,8-9H2,1-2H3,(H2,18,21). The maximum Gasteiger partial charge on any atom is 0.248 e. The predicted octanol–water partition coefficient (Wildman–Crippen LogP) is 1.84. The summed E-state index contributed by atoms with van der Waals surface area (Å²) >= 11 is 0. The number of aliphatic hydroxyl groups excluding tert-OH is 1. The number of hydrogen-bond donors (Lipinski definition) is 2. The Morgan fingerprint density at radius 1 is 1.32 bits per heavy atom. The SMILES string of the molecule is CC1(C)Oc2ccc(C(N)=O)cc2C(N2CCCCC2)C1O. The quantitative estimate of drug-likeness (QED) is 0.874. The van der Waals surface area contributed by atoms with Crippen LogP contribution in [0.5, 0.6) is 5.75 Å². The third-order valence-electron chi connectivity index (χ3n) is 4.78. The first-order valence-electron chi connectivity index (χ1n) is 7.95. The number of amides is 1. The Morgan fingerprint density at radius 2 is 2.00 bits per heavy atom. The van der Waals surface area contributed by atoms with Gasteiger partial charge in [0, 0.05) is 11.1 Å². The first kappa shape index (κ1) is 15.3. The highest BCUT2D eigenvalue weighted by Gasteiger charge is 2.45. The summed E-state index contributed by atoms with van der Waals surface area (Å²) in [5.74, 6) is 0.274. The van der Waals surface area contributed by atoms with Gasteiger partial charge < -0.3 is 15.6 Å². The van der Waals surface area contributed by atoms with E-state index in [4.69, 9.17) is 10.5 Å². The van der Waals surface area contributed by atoms with Crippen LogP contribution in [0.1, 0.15) is 55.1 Å². The Hall–Kier alpha value is -1.59. The van der Waals surface area contributed by atoms with Gasteiger partial charge in [0.05, 0.1) is 6.04 Å². The van der Waals surface area contributed by atoms with Gasteiger partial charge in [-0.2, -0.15) is 0 Å². The van der Waals surface area contributed by atoms with Gasteiger partial charge in [-0.3, -0.25) is 9.69 Å². The Labute approximate surface area is 131 Å². The summed E-state index contributed by atoms with van der Waals surface area (Å²) in [5, 5.41) is 10.8. The van der Waals surface area contributed by atoms with Gasteiger partial charge in [-0.25, -0.2) is 0 Å². The summed E-state index contributed by atoms with van der Waals surface area (Å²) in [4.78, 5) is 13.8. The minimum atomic E-state index is -0.663. The van der Waals surface area contributed by atoms with Crippen LogP contribution >= 0.6 is 0 Å². The maximum atomic E-state index is 11.5. The molecule has 120 valence electrons. The molecule has 0 aromatic heterocycles. The van der Waals surface area contributed by atoms with Crippen LogP contribution < -0.4 is 10.5 Å². The molecule has 5 nitrogen and oxygen atoms in total. The van der Waals surface area contributed by atoms with Crippen molar-refractivity contribution in [2.75, 3.05) is 13.1 Å². The highest BCUT2D eigenvalue weighted by molar-refractivity contribution is 5.93. The molecule has 0 spiro atoms. The van der Waals surface area contributed by atoms with Gasteiger partial charge in [0.2, 0.25) is 5.91 Å². The molecule has 0 radical (unpaired) electrons. The Kier molecular flexibility index (Phi) is 3.87. The van der Waals surface area contributed by atoms with Crippen LogP contribution in [0.2, 0.25) is 0 Å². The summed E-state index contributed by atoms with van der Waals surface area (Å²) in [6.45, 7) is 5.72. The Bertz CT molecular complexity index is 579. The summed E-state index contributed by atoms with van der Waals surface area (Å²) in [6, 6.07) is 5.09. The molecule has 2 heterocycles. The normalized spacial score (nSPS) is 27.8. The van der Waals surface area contributed by atoms with Crippen LogP contribution in [0.4, 0.5) is 0 Å². The fraction of sp³-hybridized carbons (Fsp3) is 0.588. The topological polar surface area (TPSA) is 75.8 Å². The number of piperidine rings is 1. The third kappa shape index (κ3) is 2.59. The van der Waals surface area contributed by atoms with Gasteiger partial charge in [0.15, 0.2) is 0 Å². The molecule has 0 bridgehead atoms. The molecule has 1 saturated heterocycles. The number of fused-ring (bicyclic) bond motifs is 1. The molecule has 0 aliphatic carbocycles. The second kappa shape index (κ2) is 5.56. The van der Waals surface area contributed by atoms with Crippen molar-refractivity contribution in [3.8, 4) is 5.75 Å². The lowest BCUT2D eigenvalue weighted by atomic mass is 9.84. The van der Waals surface area contributed by atoms with E-state index in [1.807, 2.05) is 13.8 Å². The van der Waals surface area contributed by atoms with Gasteiger partial charge in [0.1, 0.15) is 17.5 Å². The molecule has 1 aromatic rings. The minimum absolute atomic E-state index is 0.154. The van der Waals surface area contributed by atoms with Crippen molar-refractivity contribution >= 4 is 5.91 Å². The van der Waals surface area contributed by atoms with Crippen molar-refractivity contribution < 1.29 is 14.6 Å². The van der Waals surface area contributed by atoms with Crippen molar-refractivity contribution in [1.82, 2.24) is 4.90 Å². The molecule has 2 unspecified atom stereocenters. The van der Waals surface area contributed by atoms with Crippen LogP contribution in [0.25, 0.3) is 0 Å². The van der Waals surface area contributed by atoms with Crippen LogP contribution in [-0.4, -0.2) is 40.7 Å². The van der Waals surface area contributed by atoms with E-state index in [2.05, 4.69) is 4.90 Å². The number of hydrogen-bond acceptors (Lipinski definition) is 4. The first-order chi connectivity index (χ1) is 10.4. The number of nitrogens with zero attached hydrogens (tertiary/aromatic N) is 1. The van der Waals surface area contributed by atoms with E-state index in [-0.39, 0.29) is 6.04 Å².